The Morgan fingerprint density at radius 2 is 2.03 bits per heavy atom. The zero-order valence-corrected chi connectivity index (χ0v) is 21.6. The summed E-state index contributed by atoms with van der Waals surface area (Å²) in [5, 5.41) is 5.29. The van der Waals surface area contributed by atoms with Gasteiger partial charge in [-0.15, -0.1) is 10.3 Å². The fourth-order valence-electron chi connectivity index (χ4n) is 2.98. The van der Waals surface area contributed by atoms with Gasteiger partial charge in [-0.25, -0.2) is 4.68 Å². The number of nitrogens with zero attached hydrogens (tertiary/aromatic N) is 2. The summed E-state index contributed by atoms with van der Waals surface area (Å²) in [5.74, 6) is 0.630. The Balaban J connectivity index is 1.68. The highest BCUT2D eigenvalue weighted by atomic mass is 79.9. The van der Waals surface area contributed by atoms with Crippen LogP contribution in [-0.2, 0) is 8.92 Å². The summed E-state index contributed by atoms with van der Waals surface area (Å²) < 4.78 is 20.8. The second-order valence-electron chi connectivity index (χ2n) is 8.78. The number of ether oxygens (including phenoxy) is 2. The third kappa shape index (κ3) is 5.74. The lowest BCUT2D eigenvalue weighted by atomic mass is 10.1. The van der Waals surface area contributed by atoms with Crippen molar-refractivity contribution in [2.24, 2.45) is 0 Å². The highest BCUT2D eigenvalue weighted by Gasteiger charge is 2.28. The molecule has 2 aromatic rings. The topological polar surface area (TPSA) is 45.5 Å². The van der Waals surface area contributed by atoms with Crippen LogP contribution in [0.5, 0.6) is 5.75 Å². The number of hydrogen-bond donors (Lipinski definition) is 0. The van der Waals surface area contributed by atoms with Crippen LogP contribution in [0.1, 0.15) is 46.3 Å². The van der Waals surface area contributed by atoms with Crippen molar-refractivity contribution in [2.75, 3.05) is 32.3 Å². The van der Waals surface area contributed by atoms with E-state index in [0.717, 1.165) is 41.6 Å². The summed E-state index contributed by atoms with van der Waals surface area (Å²) in [6.45, 7) is 8.38. The Labute approximate surface area is 195 Å². The molecule has 0 bridgehead atoms. The lowest BCUT2D eigenvalue weighted by molar-refractivity contribution is -0.0393. The molecule has 0 amide bonds. The molecule has 2 heterocycles. The molecule has 3 rings (SSSR count). The second kappa shape index (κ2) is 9.82. The fraction of sp³-hybridized carbons (Fsp3) is 0.591. The third-order valence-corrected chi connectivity index (χ3v) is 10.2. The van der Waals surface area contributed by atoms with Gasteiger partial charge in [-0.05, 0) is 50.0 Å². The van der Waals surface area contributed by atoms with Crippen LogP contribution in [0.25, 0.3) is 11.3 Å². The summed E-state index contributed by atoms with van der Waals surface area (Å²) >= 11 is 10.0. The molecule has 0 N–H and O–H groups in total. The molecule has 5 nitrogen and oxygen atoms in total. The van der Waals surface area contributed by atoms with Crippen LogP contribution < -0.4 is 4.74 Å². The third-order valence-electron chi connectivity index (χ3n) is 5.55. The molecule has 0 spiro atoms. The van der Waals surface area contributed by atoms with Crippen molar-refractivity contribution in [2.45, 2.75) is 51.0 Å². The molecule has 1 aromatic heterocycles. The van der Waals surface area contributed by atoms with E-state index in [-0.39, 0.29) is 11.0 Å². The highest BCUT2D eigenvalue weighted by molar-refractivity contribution is 9.10. The number of benzene rings is 1. The molecule has 1 aliphatic heterocycles. The maximum absolute atomic E-state index is 6.42. The van der Waals surface area contributed by atoms with Crippen molar-refractivity contribution in [1.82, 2.24) is 9.78 Å². The van der Waals surface area contributed by atoms with E-state index in [2.05, 4.69) is 49.2 Å². The predicted molar refractivity (Wildman–Crippen MR) is 130 cm³/mol. The standard InChI is InChI=1S/C22H32BrClN2O3S/c1-22(2,3)30(4,5)29-13-12-27-20-14-16(17(23)15-18(20)24)19-9-10-26(25-19)21-8-6-7-11-28-21/h9-10,14-15,21H,6-8,11-13H2,1-5H3. The maximum atomic E-state index is 6.42. The van der Waals surface area contributed by atoms with Gasteiger partial charge in [-0.2, -0.15) is 5.10 Å². The van der Waals surface area contributed by atoms with Gasteiger partial charge in [0, 0.05) is 27.6 Å². The van der Waals surface area contributed by atoms with Crippen LogP contribution in [0.4, 0.5) is 0 Å². The molecule has 1 aliphatic rings. The van der Waals surface area contributed by atoms with E-state index in [0.29, 0.717) is 24.0 Å². The van der Waals surface area contributed by atoms with E-state index in [1.54, 1.807) is 0 Å². The van der Waals surface area contributed by atoms with Gasteiger partial charge in [0.15, 0.2) is 0 Å². The van der Waals surface area contributed by atoms with Crippen LogP contribution in [0.15, 0.2) is 28.9 Å². The van der Waals surface area contributed by atoms with E-state index in [1.165, 1.54) is 0 Å². The number of rotatable bonds is 7. The summed E-state index contributed by atoms with van der Waals surface area (Å²) in [7, 11) is -1.17. The first-order chi connectivity index (χ1) is 14.1. The normalized spacial score (nSPS) is 18.4. The molecule has 30 heavy (non-hydrogen) atoms. The molecule has 1 atom stereocenters. The van der Waals surface area contributed by atoms with Gasteiger partial charge in [0.1, 0.15) is 18.6 Å². The fourth-order valence-corrected chi connectivity index (χ4v) is 4.72. The molecule has 8 heteroatoms. The molecule has 168 valence electrons. The average Bonchev–Trinajstić information content (AvgIpc) is 3.16. The summed E-state index contributed by atoms with van der Waals surface area (Å²) in [5.41, 5.74) is 1.79. The second-order valence-corrected chi connectivity index (χ2v) is 14.0. The first-order valence-corrected chi connectivity index (χ1v) is 13.8. The SMILES string of the molecule is CC(C)(C)S(C)(C)OCCOc1cc(-c2ccn(C3CCCCO3)n2)c(Br)cc1Cl. The van der Waals surface area contributed by atoms with Crippen molar-refractivity contribution in [3.8, 4) is 17.0 Å². The Morgan fingerprint density at radius 3 is 2.70 bits per heavy atom. The van der Waals surface area contributed by atoms with Crippen LogP contribution in [0.2, 0.25) is 5.02 Å². The van der Waals surface area contributed by atoms with Gasteiger partial charge < -0.3 is 13.7 Å². The van der Waals surface area contributed by atoms with Gasteiger partial charge in [-0.3, -0.25) is 0 Å². The largest absolute Gasteiger partial charge is 0.490 e. The molecule has 0 radical (unpaired) electrons. The number of halogens is 2. The van der Waals surface area contributed by atoms with Crippen LogP contribution >= 0.6 is 37.8 Å². The lowest BCUT2D eigenvalue weighted by Gasteiger charge is -2.43. The van der Waals surface area contributed by atoms with Gasteiger partial charge in [0.2, 0.25) is 0 Å². The lowest BCUT2D eigenvalue weighted by Crippen LogP contribution is -2.26. The Morgan fingerprint density at radius 1 is 1.27 bits per heavy atom. The number of hydrogen-bond acceptors (Lipinski definition) is 4. The van der Waals surface area contributed by atoms with Crippen LogP contribution in [0.3, 0.4) is 0 Å². The molecule has 1 fully saturated rings. The monoisotopic (exact) mass is 518 g/mol. The van der Waals surface area contributed by atoms with Gasteiger partial charge in [-0.1, -0.05) is 48.3 Å². The van der Waals surface area contributed by atoms with E-state index in [4.69, 9.17) is 30.4 Å². The van der Waals surface area contributed by atoms with Crippen molar-refractivity contribution < 1.29 is 13.7 Å². The van der Waals surface area contributed by atoms with Gasteiger partial charge in [0.05, 0.1) is 17.3 Å². The summed E-state index contributed by atoms with van der Waals surface area (Å²) in [6, 6.07) is 5.78. The Bertz CT molecular complexity index is 861. The minimum absolute atomic E-state index is 0.0140. The van der Waals surface area contributed by atoms with Crippen LogP contribution in [0, 0.1) is 0 Å². The summed E-state index contributed by atoms with van der Waals surface area (Å²) in [4.78, 5) is 0. The zero-order valence-electron chi connectivity index (χ0n) is 18.4. The maximum Gasteiger partial charge on any atom is 0.150 e. The molecule has 0 aliphatic carbocycles. The van der Waals surface area contributed by atoms with Crippen molar-refractivity contribution >= 4 is 37.8 Å². The first kappa shape index (κ1) is 23.9. The summed E-state index contributed by atoms with van der Waals surface area (Å²) in [6.07, 6.45) is 9.63. The smallest absolute Gasteiger partial charge is 0.150 e. The predicted octanol–water partition coefficient (Wildman–Crippen LogP) is 6.84. The quantitative estimate of drug-likeness (QED) is 0.376. The Kier molecular flexibility index (Phi) is 7.83. The molecular weight excluding hydrogens is 488 g/mol. The molecule has 0 saturated carbocycles. The first-order valence-electron chi connectivity index (χ1n) is 10.2. The van der Waals surface area contributed by atoms with E-state index in [9.17, 15) is 0 Å². The minimum atomic E-state index is -1.17. The van der Waals surface area contributed by atoms with Crippen molar-refractivity contribution in [3.63, 3.8) is 0 Å². The molecule has 1 unspecified atom stereocenters. The van der Waals surface area contributed by atoms with E-state index in [1.807, 2.05) is 29.1 Å². The van der Waals surface area contributed by atoms with E-state index >= 15 is 0 Å². The molecule has 1 aromatic carbocycles. The molecular formula is C22H32BrClN2O3S. The van der Waals surface area contributed by atoms with E-state index < -0.39 is 10.3 Å². The molecule has 1 saturated heterocycles. The average molecular weight is 520 g/mol. The van der Waals surface area contributed by atoms with Crippen molar-refractivity contribution in [3.05, 3.63) is 33.9 Å². The van der Waals surface area contributed by atoms with Gasteiger partial charge in [0.25, 0.3) is 0 Å². The highest BCUT2D eigenvalue weighted by Crippen LogP contribution is 2.53. The zero-order chi connectivity index (χ0) is 21.9. The minimum Gasteiger partial charge on any atom is -0.490 e. The van der Waals surface area contributed by atoms with Gasteiger partial charge >= 0.3 is 0 Å². The Hall–Kier alpha value is -0.730. The van der Waals surface area contributed by atoms with Crippen LogP contribution in [-0.4, -0.2) is 46.9 Å². The van der Waals surface area contributed by atoms with Crippen molar-refractivity contribution in [1.29, 1.82) is 0 Å². The number of aromatic nitrogens is 2.